The third-order valence-corrected chi connectivity index (χ3v) is 5.66. The number of rotatable bonds is 3. The molecule has 0 bridgehead atoms. The highest BCUT2D eigenvalue weighted by molar-refractivity contribution is 8.00. The molecule has 2 aliphatic heterocycles. The van der Waals surface area contributed by atoms with E-state index in [0.717, 1.165) is 31.7 Å². The summed E-state index contributed by atoms with van der Waals surface area (Å²) in [6.45, 7) is 6.49. The second-order valence-corrected chi connectivity index (χ2v) is 7.07. The van der Waals surface area contributed by atoms with Crippen molar-refractivity contribution in [1.29, 1.82) is 0 Å². The number of nitrogens with zero attached hydrogens (tertiary/aromatic N) is 1. The van der Waals surface area contributed by atoms with Crippen molar-refractivity contribution in [3.05, 3.63) is 0 Å². The standard InChI is InChI=1S/C14H26N2OS/c1-11-12(2)18-10-9-16(11)14(17)7-6-13-5-3-4-8-15-13/h11-13,15H,3-10H2,1-2H3. The van der Waals surface area contributed by atoms with Gasteiger partial charge in [-0.1, -0.05) is 13.3 Å². The molecular weight excluding hydrogens is 244 g/mol. The van der Waals surface area contributed by atoms with Crippen LogP contribution in [0.2, 0.25) is 0 Å². The molecule has 0 aromatic rings. The van der Waals surface area contributed by atoms with E-state index in [9.17, 15) is 4.79 Å². The molecule has 4 heteroatoms. The quantitative estimate of drug-likeness (QED) is 0.854. The minimum absolute atomic E-state index is 0.363. The molecule has 18 heavy (non-hydrogen) atoms. The van der Waals surface area contributed by atoms with Crippen molar-refractivity contribution in [1.82, 2.24) is 10.2 Å². The number of carbonyl (C=O) groups is 1. The average molecular weight is 270 g/mol. The van der Waals surface area contributed by atoms with Gasteiger partial charge in [0.25, 0.3) is 0 Å². The maximum Gasteiger partial charge on any atom is 0.222 e. The van der Waals surface area contributed by atoms with Gasteiger partial charge in [-0.15, -0.1) is 0 Å². The highest BCUT2D eigenvalue weighted by Gasteiger charge is 2.28. The minimum atomic E-state index is 0.363. The van der Waals surface area contributed by atoms with Crippen molar-refractivity contribution in [2.75, 3.05) is 18.8 Å². The Bertz CT molecular complexity index is 279. The molecular formula is C14H26N2OS. The number of amides is 1. The van der Waals surface area contributed by atoms with Crippen molar-refractivity contribution in [3.8, 4) is 0 Å². The third kappa shape index (κ3) is 3.64. The van der Waals surface area contributed by atoms with E-state index in [0.29, 0.717) is 23.2 Å². The first-order valence-electron chi connectivity index (χ1n) is 7.33. The molecule has 0 aromatic heterocycles. The molecule has 104 valence electrons. The summed E-state index contributed by atoms with van der Waals surface area (Å²) in [6.07, 6.45) is 5.60. The fraction of sp³-hybridized carbons (Fsp3) is 0.929. The summed E-state index contributed by atoms with van der Waals surface area (Å²) in [4.78, 5) is 14.4. The lowest BCUT2D eigenvalue weighted by molar-refractivity contribution is -0.133. The highest BCUT2D eigenvalue weighted by atomic mass is 32.2. The maximum atomic E-state index is 12.3. The van der Waals surface area contributed by atoms with Crippen LogP contribution in [0.15, 0.2) is 0 Å². The van der Waals surface area contributed by atoms with E-state index in [2.05, 4.69) is 24.1 Å². The molecule has 2 fully saturated rings. The Morgan fingerprint density at radius 3 is 2.94 bits per heavy atom. The first kappa shape index (κ1) is 14.2. The predicted molar refractivity (Wildman–Crippen MR) is 78.0 cm³/mol. The molecule has 2 aliphatic rings. The zero-order chi connectivity index (χ0) is 13.0. The molecule has 3 atom stereocenters. The van der Waals surface area contributed by atoms with Crippen molar-refractivity contribution in [2.45, 2.75) is 63.3 Å². The summed E-state index contributed by atoms with van der Waals surface area (Å²) in [6, 6.07) is 0.977. The number of hydrogen-bond donors (Lipinski definition) is 1. The van der Waals surface area contributed by atoms with Crippen LogP contribution in [0.5, 0.6) is 0 Å². The largest absolute Gasteiger partial charge is 0.338 e. The van der Waals surface area contributed by atoms with Gasteiger partial charge in [0.15, 0.2) is 0 Å². The van der Waals surface area contributed by atoms with Gasteiger partial charge in [0.05, 0.1) is 0 Å². The van der Waals surface area contributed by atoms with Crippen molar-refractivity contribution >= 4 is 17.7 Å². The van der Waals surface area contributed by atoms with Crippen LogP contribution < -0.4 is 5.32 Å². The molecule has 0 radical (unpaired) electrons. The first-order valence-corrected chi connectivity index (χ1v) is 8.38. The van der Waals surface area contributed by atoms with E-state index in [1.54, 1.807) is 0 Å². The molecule has 1 amide bonds. The molecule has 0 aliphatic carbocycles. The number of carbonyl (C=O) groups excluding carboxylic acids is 1. The zero-order valence-electron chi connectivity index (χ0n) is 11.7. The number of nitrogens with one attached hydrogen (secondary N) is 1. The van der Waals surface area contributed by atoms with E-state index < -0.39 is 0 Å². The predicted octanol–water partition coefficient (Wildman–Crippen LogP) is 2.26. The Balaban J connectivity index is 1.76. The molecule has 0 spiro atoms. The van der Waals surface area contributed by atoms with E-state index in [1.807, 2.05) is 11.8 Å². The van der Waals surface area contributed by atoms with Crippen LogP contribution in [0.3, 0.4) is 0 Å². The van der Waals surface area contributed by atoms with Crippen LogP contribution >= 0.6 is 11.8 Å². The summed E-state index contributed by atoms with van der Waals surface area (Å²) in [5.74, 6) is 1.46. The minimum Gasteiger partial charge on any atom is -0.338 e. The average Bonchev–Trinajstić information content (AvgIpc) is 2.40. The SMILES string of the molecule is CC1SCCN(C(=O)CCC2CCCCN2)C1C. The fourth-order valence-electron chi connectivity index (χ4n) is 2.90. The Hall–Kier alpha value is -0.220. The van der Waals surface area contributed by atoms with Crippen LogP contribution in [0.1, 0.15) is 46.0 Å². The van der Waals surface area contributed by atoms with Gasteiger partial charge < -0.3 is 10.2 Å². The topological polar surface area (TPSA) is 32.3 Å². The first-order chi connectivity index (χ1) is 8.68. The van der Waals surface area contributed by atoms with Gasteiger partial charge in [-0.25, -0.2) is 0 Å². The second-order valence-electron chi connectivity index (χ2n) is 5.59. The van der Waals surface area contributed by atoms with E-state index >= 15 is 0 Å². The number of piperidine rings is 1. The normalized spacial score (nSPS) is 33.4. The van der Waals surface area contributed by atoms with Gasteiger partial charge in [-0.3, -0.25) is 4.79 Å². The number of hydrogen-bond acceptors (Lipinski definition) is 3. The van der Waals surface area contributed by atoms with E-state index in [4.69, 9.17) is 0 Å². The highest BCUT2D eigenvalue weighted by Crippen LogP contribution is 2.25. The molecule has 3 unspecified atom stereocenters. The second kappa shape index (κ2) is 6.80. The van der Waals surface area contributed by atoms with Gasteiger partial charge in [0, 0.05) is 36.1 Å². The van der Waals surface area contributed by atoms with Crippen molar-refractivity contribution in [3.63, 3.8) is 0 Å². The van der Waals surface area contributed by atoms with Crippen LogP contribution in [0, 0.1) is 0 Å². The molecule has 2 heterocycles. The van der Waals surface area contributed by atoms with Gasteiger partial charge >= 0.3 is 0 Å². The smallest absolute Gasteiger partial charge is 0.222 e. The summed E-state index contributed by atoms with van der Waals surface area (Å²) < 4.78 is 0. The lowest BCUT2D eigenvalue weighted by atomic mass is 10.00. The molecule has 0 aromatic carbocycles. The van der Waals surface area contributed by atoms with Gasteiger partial charge in [0.2, 0.25) is 5.91 Å². The summed E-state index contributed by atoms with van der Waals surface area (Å²) in [7, 11) is 0. The molecule has 2 saturated heterocycles. The monoisotopic (exact) mass is 270 g/mol. The van der Waals surface area contributed by atoms with E-state index in [-0.39, 0.29) is 0 Å². The van der Waals surface area contributed by atoms with Crippen LogP contribution in [0.25, 0.3) is 0 Å². The Morgan fingerprint density at radius 2 is 2.22 bits per heavy atom. The lowest BCUT2D eigenvalue weighted by Gasteiger charge is -2.38. The van der Waals surface area contributed by atoms with Gasteiger partial charge in [-0.05, 0) is 32.7 Å². The molecule has 1 N–H and O–H groups in total. The van der Waals surface area contributed by atoms with Crippen molar-refractivity contribution < 1.29 is 4.79 Å². The van der Waals surface area contributed by atoms with Crippen LogP contribution in [-0.2, 0) is 4.79 Å². The molecule has 0 saturated carbocycles. The molecule has 2 rings (SSSR count). The Morgan fingerprint density at radius 1 is 1.39 bits per heavy atom. The summed E-state index contributed by atoms with van der Waals surface area (Å²) >= 11 is 1.99. The fourth-order valence-corrected chi connectivity index (χ4v) is 4.00. The van der Waals surface area contributed by atoms with Crippen molar-refractivity contribution in [2.24, 2.45) is 0 Å². The van der Waals surface area contributed by atoms with Crippen LogP contribution in [0.4, 0.5) is 0 Å². The Kier molecular flexibility index (Phi) is 5.37. The maximum absolute atomic E-state index is 12.3. The zero-order valence-corrected chi connectivity index (χ0v) is 12.5. The van der Waals surface area contributed by atoms with Gasteiger partial charge in [0.1, 0.15) is 0 Å². The summed E-state index contributed by atoms with van der Waals surface area (Å²) in [5.41, 5.74) is 0. The van der Waals surface area contributed by atoms with Gasteiger partial charge in [-0.2, -0.15) is 11.8 Å². The third-order valence-electron chi connectivity index (χ3n) is 4.32. The Labute approximate surface area is 115 Å². The lowest BCUT2D eigenvalue weighted by Crippen LogP contribution is -2.48. The van der Waals surface area contributed by atoms with E-state index in [1.165, 1.54) is 19.3 Å². The number of thioether (sulfide) groups is 1. The molecule has 3 nitrogen and oxygen atoms in total. The summed E-state index contributed by atoms with van der Waals surface area (Å²) in [5, 5.41) is 4.10. The van der Waals surface area contributed by atoms with Crippen LogP contribution in [-0.4, -0.2) is 47.0 Å².